The van der Waals surface area contributed by atoms with Gasteiger partial charge in [0.2, 0.25) is 5.91 Å². The number of hydrogen-bond acceptors (Lipinski definition) is 9. The lowest BCUT2D eigenvalue weighted by molar-refractivity contribution is -0.154. The Labute approximate surface area is 271 Å². The van der Waals surface area contributed by atoms with Crippen LogP contribution in [0.4, 0.5) is 32.0 Å². The van der Waals surface area contributed by atoms with Gasteiger partial charge in [-0.1, -0.05) is 12.1 Å². The summed E-state index contributed by atoms with van der Waals surface area (Å²) >= 11 is 0. The van der Waals surface area contributed by atoms with E-state index in [2.05, 4.69) is 4.98 Å². The molecule has 4 rings (SSSR count). The Morgan fingerprint density at radius 2 is 1.60 bits per heavy atom. The number of nitrogens with zero attached hydrogens (tertiary/aromatic N) is 2. The van der Waals surface area contributed by atoms with E-state index < -0.39 is 90.0 Å². The summed E-state index contributed by atoms with van der Waals surface area (Å²) in [5.41, 5.74) is -3.27. The smallest absolute Gasteiger partial charge is 0.417 e. The number of carbonyl (C=O) groups is 2. The van der Waals surface area contributed by atoms with Crippen molar-refractivity contribution in [2.24, 2.45) is 0 Å². The molecule has 3 aromatic rings. The summed E-state index contributed by atoms with van der Waals surface area (Å²) in [5.74, 6) is -2.09. The summed E-state index contributed by atoms with van der Waals surface area (Å²) < 4.78 is 145. The fourth-order valence-electron chi connectivity index (χ4n) is 4.46. The van der Waals surface area contributed by atoms with Gasteiger partial charge in [0.05, 0.1) is 41.1 Å². The molecule has 1 aromatic heterocycles. The molecule has 0 radical (unpaired) electrons. The first-order valence-electron chi connectivity index (χ1n) is 13.8. The van der Waals surface area contributed by atoms with Crippen LogP contribution in [0.5, 0.6) is 5.75 Å². The maximum atomic E-state index is 13.8. The highest BCUT2D eigenvalue weighted by Crippen LogP contribution is 2.40. The average Bonchev–Trinajstić information content (AvgIpc) is 2.94. The third-order valence-electron chi connectivity index (χ3n) is 6.47. The van der Waals surface area contributed by atoms with Crippen LogP contribution in [0.25, 0.3) is 0 Å². The third-order valence-corrected chi connectivity index (χ3v) is 9.54. The number of aromatic nitrogens is 1. The number of rotatable bonds is 8. The highest BCUT2D eigenvalue weighted by Gasteiger charge is 2.38. The maximum Gasteiger partial charge on any atom is 0.417 e. The van der Waals surface area contributed by atoms with E-state index >= 15 is 0 Å². The Morgan fingerprint density at radius 3 is 2.19 bits per heavy atom. The standard InChI is InChI=1S/C29H27F6N3O8S2/c1-27(2,3)46-26(40)12-17-7-9-23-22(11-17)38(48(43,44)21-6-4-5-18(13-21)28(30,31)32)16-20(45-23)14-24(39)37-47(41,42)25-10-8-19(15-36-25)29(33,34)35/h4-11,13,15,20H,12,14,16H2,1-3H3,(H,37,39)/t20-/m0/s1. The summed E-state index contributed by atoms with van der Waals surface area (Å²) in [7, 11) is -9.59. The van der Waals surface area contributed by atoms with Crippen molar-refractivity contribution in [3.05, 3.63) is 77.5 Å². The van der Waals surface area contributed by atoms with Crippen LogP contribution in [0.1, 0.15) is 43.9 Å². The van der Waals surface area contributed by atoms with Gasteiger partial charge in [-0.3, -0.25) is 13.9 Å². The first kappa shape index (κ1) is 36.4. The topological polar surface area (TPSA) is 149 Å². The molecule has 0 aliphatic carbocycles. The Morgan fingerprint density at radius 1 is 0.938 bits per heavy atom. The van der Waals surface area contributed by atoms with Crippen molar-refractivity contribution in [2.75, 3.05) is 10.8 Å². The van der Waals surface area contributed by atoms with Gasteiger partial charge in [-0.2, -0.15) is 34.8 Å². The van der Waals surface area contributed by atoms with Gasteiger partial charge < -0.3 is 9.47 Å². The number of fused-ring (bicyclic) bond motifs is 1. The Kier molecular flexibility index (Phi) is 9.80. The number of nitrogens with one attached hydrogen (secondary N) is 1. The molecule has 1 aliphatic rings. The molecule has 11 nitrogen and oxygen atoms in total. The van der Waals surface area contributed by atoms with Gasteiger partial charge in [0.25, 0.3) is 20.0 Å². The summed E-state index contributed by atoms with van der Waals surface area (Å²) in [5, 5.41) is -0.912. The van der Waals surface area contributed by atoms with Crippen LogP contribution in [0.2, 0.25) is 0 Å². The van der Waals surface area contributed by atoms with Gasteiger partial charge >= 0.3 is 18.3 Å². The van der Waals surface area contributed by atoms with E-state index in [1.54, 1.807) is 25.5 Å². The number of ether oxygens (including phenoxy) is 2. The third kappa shape index (κ3) is 8.74. The average molecular weight is 724 g/mol. The first-order chi connectivity index (χ1) is 22.0. The lowest BCUT2D eigenvalue weighted by atomic mass is 10.1. The summed E-state index contributed by atoms with van der Waals surface area (Å²) in [6.07, 6.45) is -12.0. The molecule has 0 spiro atoms. The molecular weight excluding hydrogens is 696 g/mol. The highest BCUT2D eigenvalue weighted by molar-refractivity contribution is 7.92. The second kappa shape index (κ2) is 12.9. The molecule has 2 aromatic carbocycles. The monoisotopic (exact) mass is 723 g/mol. The Balaban J connectivity index is 1.65. The van der Waals surface area contributed by atoms with E-state index in [9.17, 15) is 52.8 Å². The lowest BCUT2D eigenvalue weighted by Gasteiger charge is -2.35. The molecule has 0 saturated carbocycles. The number of carbonyl (C=O) groups excluding carboxylic acids is 2. The van der Waals surface area contributed by atoms with Crippen LogP contribution in [0.15, 0.2) is 70.7 Å². The fraction of sp³-hybridized carbons (Fsp3) is 0.345. The van der Waals surface area contributed by atoms with E-state index in [0.717, 1.165) is 12.1 Å². The van der Waals surface area contributed by atoms with E-state index in [4.69, 9.17) is 9.47 Å². The molecule has 260 valence electrons. The van der Waals surface area contributed by atoms with Crippen LogP contribution in [-0.4, -0.2) is 51.9 Å². The fourth-order valence-corrected chi connectivity index (χ4v) is 6.93. The molecule has 19 heteroatoms. The zero-order chi connectivity index (χ0) is 35.9. The number of halogens is 6. The second-order valence-corrected chi connectivity index (χ2v) is 15.0. The Bertz CT molecular complexity index is 1930. The predicted molar refractivity (Wildman–Crippen MR) is 156 cm³/mol. The molecular formula is C29H27F6N3O8S2. The minimum atomic E-state index is -4.89. The Hall–Kier alpha value is -4.39. The second-order valence-electron chi connectivity index (χ2n) is 11.5. The molecule has 0 saturated heterocycles. The number of benzene rings is 2. The molecule has 1 N–H and O–H groups in total. The molecule has 1 aliphatic heterocycles. The summed E-state index contributed by atoms with van der Waals surface area (Å²) in [6.45, 7) is 4.21. The zero-order valence-electron chi connectivity index (χ0n) is 25.2. The molecule has 48 heavy (non-hydrogen) atoms. The maximum absolute atomic E-state index is 13.8. The number of sulfonamides is 2. The van der Waals surface area contributed by atoms with Gasteiger partial charge in [-0.25, -0.2) is 18.1 Å². The van der Waals surface area contributed by atoms with Gasteiger partial charge in [0.15, 0.2) is 5.03 Å². The van der Waals surface area contributed by atoms with E-state index in [1.807, 2.05) is 0 Å². The molecule has 0 bridgehead atoms. The number of hydrogen-bond donors (Lipinski definition) is 1. The van der Waals surface area contributed by atoms with Crippen LogP contribution in [-0.2, 0) is 53.1 Å². The van der Waals surface area contributed by atoms with E-state index in [0.29, 0.717) is 28.6 Å². The molecule has 0 fully saturated rings. The van der Waals surface area contributed by atoms with Gasteiger partial charge in [-0.15, -0.1) is 0 Å². The number of esters is 1. The molecule has 1 amide bonds. The molecule has 2 heterocycles. The number of alkyl halides is 6. The largest absolute Gasteiger partial charge is 0.486 e. The zero-order valence-corrected chi connectivity index (χ0v) is 26.8. The molecule has 0 unspecified atom stereocenters. The minimum absolute atomic E-state index is 0.171. The number of amides is 1. The van der Waals surface area contributed by atoms with Gasteiger partial charge in [-0.05, 0) is 68.8 Å². The van der Waals surface area contributed by atoms with Crippen molar-refractivity contribution < 1.29 is 62.2 Å². The van der Waals surface area contributed by atoms with Crippen LogP contribution in [0.3, 0.4) is 0 Å². The van der Waals surface area contributed by atoms with Gasteiger partial charge in [0.1, 0.15) is 17.5 Å². The normalized spacial score (nSPS) is 15.7. The van der Waals surface area contributed by atoms with Crippen LogP contribution >= 0.6 is 0 Å². The SMILES string of the molecule is CC(C)(C)OC(=O)Cc1ccc2c(c1)N(S(=O)(=O)c1cccc(C(F)(F)F)c1)C[C@H](CC(=O)NS(=O)(=O)c1ccc(C(F)(F)F)cn1)O2. The number of anilines is 1. The number of pyridine rings is 1. The van der Waals surface area contributed by atoms with Gasteiger partial charge in [0, 0.05) is 6.20 Å². The van der Waals surface area contributed by atoms with Crippen molar-refractivity contribution in [2.45, 2.75) is 67.6 Å². The van der Waals surface area contributed by atoms with Crippen molar-refractivity contribution in [1.82, 2.24) is 9.71 Å². The predicted octanol–water partition coefficient (Wildman–Crippen LogP) is 4.85. The molecule has 1 atom stereocenters. The van der Waals surface area contributed by atoms with Crippen molar-refractivity contribution in [3.8, 4) is 5.75 Å². The lowest BCUT2D eigenvalue weighted by Crippen LogP contribution is -2.46. The highest BCUT2D eigenvalue weighted by atomic mass is 32.2. The van der Waals surface area contributed by atoms with Crippen molar-refractivity contribution >= 4 is 37.6 Å². The summed E-state index contributed by atoms with van der Waals surface area (Å²) in [4.78, 5) is 27.7. The first-order valence-corrected chi connectivity index (χ1v) is 16.7. The van der Waals surface area contributed by atoms with Crippen LogP contribution < -0.4 is 13.8 Å². The minimum Gasteiger partial charge on any atom is -0.486 e. The van der Waals surface area contributed by atoms with Crippen LogP contribution in [0, 0.1) is 0 Å². The van der Waals surface area contributed by atoms with E-state index in [-0.39, 0.29) is 29.6 Å². The van der Waals surface area contributed by atoms with E-state index in [1.165, 1.54) is 18.2 Å². The summed E-state index contributed by atoms with van der Waals surface area (Å²) in [6, 6.07) is 7.78. The van der Waals surface area contributed by atoms with Crippen molar-refractivity contribution in [1.29, 1.82) is 0 Å². The quantitative estimate of drug-likeness (QED) is 0.254. The van der Waals surface area contributed by atoms with Crippen molar-refractivity contribution in [3.63, 3.8) is 0 Å².